The highest BCUT2D eigenvalue weighted by atomic mass is 32.2. The number of hydrogen-bond acceptors (Lipinski definition) is 6. The van der Waals surface area contributed by atoms with Gasteiger partial charge in [-0.25, -0.2) is 8.42 Å². The van der Waals surface area contributed by atoms with Crippen molar-refractivity contribution in [2.45, 2.75) is 30.6 Å². The molecule has 2 aromatic heterocycles. The predicted octanol–water partition coefficient (Wildman–Crippen LogP) is 2.56. The Balaban J connectivity index is 1.90. The summed E-state index contributed by atoms with van der Waals surface area (Å²) in [5.74, 6) is 0.513. The van der Waals surface area contributed by atoms with Crippen LogP contribution in [0.4, 0.5) is 0 Å². The van der Waals surface area contributed by atoms with E-state index in [4.69, 9.17) is 4.74 Å². The molecule has 0 aliphatic carbocycles. The first kappa shape index (κ1) is 16.9. The standard InChI is InChI=1S/C15H18N4O3S2/c1-4-19-14(16-17-15(19)22-3)10(2)18-24(20,21)13-9-11-7-5-6-8-12(11)23-13/h5-10,18H,4H2,1-3H3/t10-/m1/s1. The van der Waals surface area contributed by atoms with Gasteiger partial charge < -0.3 is 4.74 Å². The van der Waals surface area contributed by atoms with Gasteiger partial charge in [0.25, 0.3) is 10.0 Å². The number of thiophene rings is 1. The van der Waals surface area contributed by atoms with Crippen LogP contribution >= 0.6 is 11.3 Å². The number of aromatic nitrogens is 3. The lowest BCUT2D eigenvalue weighted by Gasteiger charge is -2.14. The Morgan fingerprint density at radius 3 is 2.75 bits per heavy atom. The summed E-state index contributed by atoms with van der Waals surface area (Å²) < 4.78 is 36.1. The molecule has 0 bridgehead atoms. The third kappa shape index (κ3) is 3.02. The summed E-state index contributed by atoms with van der Waals surface area (Å²) >= 11 is 1.24. The van der Waals surface area contributed by atoms with E-state index in [0.717, 1.165) is 10.1 Å². The van der Waals surface area contributed by atoms with E-state index in [1.54, 1.807) is 17.6 Å². The monoisotopic (exact) mass is 366 g/mol. The van der Waals surface area contributed by atoms with Gasteiger partial charge in [0.05, 0.1) is 13.2 Å². The van der Waals surface area contributed by atoms with E-state index in [1.165, 1.54) is 18.4 Å². The molecule has 0 fully saturated rings. The minimum atomic E-state index is -3.65. The Bertz CT molecular complexity index is 929. The van der Waals surface area contributed by atoms with Crippen molar-refractivity contribution in [3.05, 3.63) is 36.2 Å². The first-order valence-electron chi connectivity index (χ1n) is 7.44. The quantitative estimate of drug-likeness (QED) is 0.724. The zero-order valence-corrected chi connectivity index (χ0v) is 15.2. The summed E-state index contributed by atoms with van der Waals surface area (Å²) in [7, 11) is -2.14. The number of benzene rings is 1. The molecule has 2 heterocycles. The summed E-state index contributed by atoms with van der Waals surface area (Å²) in [6, 6.07) is 9.09. The van der Waals surface area contributed by atoms with E-state index in [0.29, 0.717) is 18.4 Å². The highest BCUT2D eigenvalue weighted by Crippen LogP contribution is 2.29. The highest BCUT2D eigenvalue weighted by molar-refractivity contribution is 7.91. The first-order chi connectivity index (χ1) is 11.5. The second kappa shape index (κ2) is 6.50. The van der Waals surface area contributed by atoms with Crippen molar-refractivity contribution in [1.82, 2.24) is 19.5 Å². The van der Waals surface area contributed by atoms with Crippen LogP contribution in [0.5, 0.6) is 6.01 Å². The minimum absolute atomic E-state index is 0.282. The lowest BCUT2D eigenvalue weighted by molar-refractivity contribution is 0.354. The molecule has 128 valence electrons. The van der Waals surface area contributed by atoms with Crippen molar-refractivity contribution < 1.29 is 13.2 Å². The molecule has 1 N–H and O–H groups in total. The molecule has 0 spiro atoms. The Kier molecular flexibility index (Phi) is 4.57. The lowest BCUT2D eigenvalue weighted by Crippen LogP contribution is -2.28. The van der Waals surface area contributed by atoms with Gasteiger partial charge in [0.2, 0.25) is 0 Å². The van der Waals surface area contributed by atoms with Gasteiger partial charge in [-0.2, -0.15) is 4.72 Å². The Morgan fingerprint density at radius 2 is 2.08 bits per heavy atom. The van der Waals surface area contributed by atoms with E-state index >= 15 is 0 Å². The average Bonchev–Trinajstić information content (AvgIpc) is 3.18. The van der Waals surface area contributed by atoms with E-state index < -0.39 is 16.1 Å². The van der Waals surface area contributed by atoms with E-state index in [2.05, 4.69) is 14.9 Å². The fourth-order valence-electron chi connectivity index (χ4n) is 2.50. The van der Waals surface area contributed by atoms with Gasteiger partial charge in [0.15, 0.2) is 5.82 Å². The lowest BCUT2D eigenvalue weighted by atomic mass is 10.3. The van der Waals surface area contributed by atoms with Crippen LogP contribution < -0.4 is 9.46 Å². The van der Waals surface area contributed by atoms with Crippen LogP contribution in [0.2, 0.25) is 0 Å². The molecule has 0 unspecified atom stereocenters. The van der Waals surface area contributed by atoms with Crippen LogP contribution in [0, 0.1) is 0 Å². The molecule has 0 saturated carbocycles. The Morgan fingerprint density at radius 1 is 1.33 bits per heavy atom. The molecule has 3 aromatic rings. The third-order valence-electron chi connectivity index (χ3n) is 3.63. The fourth-order valence-corrected chi connectivity index (χ4v) is 5.12. The molecule has 0 saturated heterocycles. The summed E-state index contributed by atoms with van der Waals surface area (Å²) in [6.45, 7) is 4.24. The van der Waals surface area contributed by atoms with Crippen LogP contribution in [-0.4, -0.2) is 30.3 Å². The van der Waals surface area contributed by atoms with Gasteiger partial charge in [-0.05, 0) is 31.4 Å². The van der Waals surface area contributed by atoms with E-state index in [9.17, 15) is 8.42 Å². The Hall–Kier alpha value is -1.97. The van der Waals surface area contributed by atoms with Crippen molar-refractivity contribution in [2.75, 3.05) is 7.11 Å². The molecular weight excluding hydrogens is 348 g/mol. The predicted molar refractivity (Wildman–Crippen MR) is 92.8 cm³/mol. The zero-order valence-electron chi connectivity index (χ0n) is 13.6. The number of rotatable bonds is 6. The zero-order chi connectivity index (χ0) is 17.3. The van der Waals surface area contributed by atoms with Crippen molar-refractivity contribution in [1.29, 1.82) is 0 Å². The van der Waals surface area contributed by atoms with E-state index in [-0.39, 0.29) is 4.21 Å². The second-order valence-corrected chi connectivity index (χ2v) is 8.26. The van der Waals surface area contributed by atoms with Crippen LogP contribution in [-0.2, 0) is 16.6 Å². The number of fused-ring (bicyclic) bond motifs is 1. The van der Waals surface area contributed by atoms with Crippen LogP contribution in [0.1, 0.15) is 25.7 Å². The largest absolute Gasteiger partial charge is 0.467 e. The van der Waals surface area contributed by atoms with E-state index in [1.807, 2.05) is 31.2 Å². The average molecular weight is 366 g/mol. The van der Waals surface area contributed by atoms with Crippen LogP contribution in [0.25, 0.3) is 10.1 Å². The molecule has 9 heteroatoms. The van der Waals surface area contributed by atoms with Crippen molar-refractivity contribution in [3.63, 3.8) is 0 Å². The molecular formula is C15H18N4O3S2. The van der Waals surface area contributed by atoms with Crippen molar-refractivity contribution in [3.8, 4) is 6.01 Å². The fraction of sp³-hybridized carbons (Fsp3) is 0.333. The summed E-state index contributed by atoms with van der Waals surface area (Å²) in [5.41, 5.74) is 0. The van der Waals surface area contributed by atoms with Crippen molar-refractivity contribution in [2.24, 2.45) is 0 Å². The molecule has 7 nitrogen and oxygen atoms in total. The number of nitrogens with one attached hydrogen (secondary N) is 1. The molecule has 1 aromatic carbocycles. The van der Waals surface area contributed by atoms with Gasteiger partial charge >= 0.3 is 6.01 Å². The topological polar surface area (TPSA) is 86.1 Å². The number of methoxy groups -OCH3 is 1. The van der Waals surface area contributed by atoms with Crippen LogP contribution in [0.3, 0.4) is 0 Å². The molecule has 0 amide bonds. The maximum Gasteiger partial charge on any atom is 0.316 e. The van der Waals surface area contributed by atoms with Crippen molar-refractivity contribution >= 4 is 31.4 Å². The number of ether oxygens (including phenoxy) is 1. The maximum atomic E-state index is 12.7. The number of hydrogen-bond donors (Lipinski definition) is 1. The Labute approximate surface area is 144 Å². The molecule has 0 radical (unpaired) electrons. The number of nitrogens with zero attached hydrogens (tertiary/aromatic N) is 3. The molecule has 24 heavy (non-hydrogen) atoms. The van der Waals surface area contributed by atoms with Gasteiger partial charge in [-0.15, -0.1) is 16.4 Å². The molecule has 3 rings (SSSR count). The maximum absolute atomic E-state index is 12.7. The highest BCUT2D eigenvalue weighted by Gasteiger charge is 2.25. The second-order valence-electron chi connectivity index (χ2n) is 5.24. The third-order valence-corrected chi connectivity index (χ3v) is 6.76. The van der Waals surface area contributed by atoms with Crippen LogP contribution in [0.15, 0.2) is 34.5 Å². The molecule has 0 aliphatic heterocycles. The normalized spacial score (nSPS) is 13.3. The SMILES string of the molecule is CCn1c(OC)nnc1[C@@H](C)NS(=O)(=O)c1cc2ccccc2s1. The summed E-state index contributed by atoms with van der Waals surface area (Å²) in [4.78, 5) is 0. The number of sulfonamides is 1. The smallest absolute Gasteiger partial charge is 0.316 e. The first-order valence-corrected chi connectivity index (χ1v) is 9.74. The molecule has 1 atom stereocenters. The minimum Gasteiger partial charge on any atom is -0.467 e. The van der Waals surface area contributed by atoms with Gasteiger partial charge in [-0.3, -0.25) is 4.57 Å². The summed E-state index contributed by atoms with van der Waals surface area (Å²) in [6.07, 6.45) is 0. The summed E-state index contributed by atoms with van der Waals surface area (Å²) in [5, 5.41) is 8.88. The van der Waals surface area contributed by atoms with Gasteiger partial charge in [0.1, 0.15) is 4.21 Å². The van der Waals surface area contributed by atoms with Gasteiger partial charge in [0, 0.05) is 11.2 Å². The van der Waals surface area contributed by atoms with Gasteiger partial charge in [-0.1, -0.05) is 23.3 Å². The molecule has 0 aliphatic rings.